The van der Waals surface area contributed by atoms with Crippen molar-refractivity contribution in [2.75, 3.05) is 36.6 Å². The highest BCUT2D eigenvalue weighted by Gasteiger charge is 2.14. The zero-order valence-electron chi connectivity index (χ0n) is 11.4. The minimum absolute atomic E-state index is 0.117. The van der Waals surface area contributed by atoms with E-state index >= 15 is 0 Å². The standard InChI is InChI=1S/C11H16ClN7O/c1-5(20)4-15-11-17-7-6(9(14-3)19-11)16-10(12)18-8(7)13-2/h5,20H,4H2,1-3H3,(H,13,16,18)(H2,14,15,17,19). The van der Waals surface area contributed by atoms with Gasteiger partial charge in [0.1, 0.15) is 11.0 Å². The minimum Gasteiger partial charge on any atom is -0.392 e. The lowest BCUT2D eigenvalue weighted by atomic mass is 10.3. The molecule has 0 aliphatic rings. The maximum Gasteiger partial charge on any atom is 0.225 e. The van der Waals surface area contributed by atoms with Crippen molar-refractivity contribution in [1.29, 1.82) is 0 Å². The average Bonchev–Trinajstić information content (AvgIpc) is 2.43. The fourth-order valence-corrected chi connectivity index (χ4v) is 1.82. The molecule has 2 rings (SSSR count). The van der Waals surface area contributed by atoms with Crippen LogP contribution in [0.5, 0.6) is 0 Å². The third-order valence-corrected chi connectivity index (χ3v) is 2.71. The van der Waals surface area contributed by atoms with Crippen LogP contribution in [0.15, 0.2) is 0 Å². The molecule has 0 aromatic carbocycles. The summed E-state index contributed by atoms with van der Waals surface area (Å²) in [6.07, 6.45) is -0.502. The van der Waals surface area contributed by atoms with Crippen molar-refractivity contribution in [3.63, 3.8) is 0 Å². The van der Waals surface area contributed by atoms with Crippen molar-refractivity contribution < 1.29 is 5.11 Å². The molecule has 1 atom stereocenters. The van der Waals surface area contributed by atoms with Gasteiger partial charge in [0.05, 0.1) is 6.10 Å². The van der Waals surface area contributed by atoms with E-state index in [2.05, 4.69) is 35.9 Å². The van der Waals surface area contributed by atoms with E-state index < -0.39 is 6.10 Å². The fourth-order valence-electron chi connectivity index (χ4n) is 1.65. The second-order valence-electron chi connectivity index (χ2n) is 4.16. The Kier molecular flexibility index (Phi) is 4.35. The van der Waals surface area contributed by atoms with Crippen molar-refractivity contribution >= 4 is 40.2 Å². The van der Waals surface area contributed by atoms with Gasteiger partial charge < -0.3 is 21.1 Å². The van der Waals surface area contributed by atoms with Gasteiger partial charge in [0.15, 0.2) is 11.6 Å². The predicted octanol–water partition coefficient (Wildman–Crippen LogP) is 0.949. The summed E-state index contributed by atoms with van der Waals surface area (Å²) in [6.45, 7) is 2.02. The molecule has 2 aromatic rings. The number of nitrogens with one attached hydrogen (secondary N) is 3. The van der Waals surface area contributed by atoms with Gasteiger partial charge in [0.2, 0.25) is 11.2 Å². The van der Waals surface area contributed by atoms with E-state index in [0.29, 0.717) is 35.2 Å². The molecule has 20 heavy (non-hydrogen) atoms. The lowest BCUT2D eigenvalue weighted by Crippen LogP contribution is -2.17. The molecular weight excluding hydrogens is 282 g/mol. The molecule has 4 N–H and O–H groups in total. The Balaban J connectivity index is 2.56. The van der Waals surface area contributed by atoms with Crippen LogP contribution in [-0.2, 0) is 0 Å². The molecule has 0 amide bonds. The van der Waals surface area contributed by atoms with Crippen molar-refractivity contribution in [2.45, 2.75) is 13.0 Å². The second-order valence-corrected chi connectivity index (χ2v) is 4.50. The van der Waals surface area contributed by atoms with Gasteiger partial charge in [-0.25, -0.2) is 9.97 Å². The number of aliphatic hydroxyl groups excluding tert-OH is 1. The highest BCUT2D eigenvalue weighted by atomic mass is 35.5. The van der Waals surface area contributed by atoms with Crippen LogP contribution in [0.25, 0.3) is 11.0 Å². The van der Waals surface area contributed by atoms with E-state index in [-0.39, 0.29) is 5.28 Å². The maximum atomic E-state index is 9.30. The lowest BCUT2D eigenvalue weighted by molar-refractivity contribution is 0.208. The zero-order chi connectivity index (χ0) is 14.7. The zero-order valence-corrected chi connectivity index (χ0v) is 12.2. The van der Waals surface area contributed by atoms with E-state index in [1.807, 2.05) is 0 Å². The van der Waals surface area contributed by atoms with Gasteiger partial charge >= 0.3 is 0 Å². The number of rotatable bonds is 5. The van der Waals surface area contributed by atoms with Crippen LogP contribution in [0.3, 0.4) is 0 Å². The van der Waals surface area contributed by atoms with E-state index in [0.717, 1.165) is 0 Å². The summed E-state index contributed by atoms with van der Waals surface area (Å²) in [5, 5.41) is 18.2. The van der Waals surface area contributed by atoms with E-state index in [1.54, 1.807) is 21.0 Å². The lowest BCUT2D eigenvalue weighted by Gasteiger charge is -2.12. The fraction of sp³-hybridized carbons (Fsp3) is 0.455. The molecule has 2 heterocycles. The Morgan fingerprint density at radius 1 is 1.05 bits per heavy atom. The number of fused-ring (bicyclic) bond motifs is 1. The summed E-state index contributed by atoms with van der Waals surface area (Å²) < 4.78 is 0. The van der Waals surface area contributed by atoms with Crippen molar-refractivity contribution in [3.05, 3.63) is 5.28 Å². The van der Waals surface area contributed by atoms with Crippen molar-refractivity contribution in [1.82, 2.24) is 19.9 Å². The molecule has 0 aliphatic heterocycles. The topological polar surface area (TPSA) is 108 Å². The SMILES string of the molecule is CNc1nc(NCC(C)O)nc2c(NC)nc(Cl)nc12. The number of anilines is 3. The van der Waals surface area contributed by atoms with Gasteiger partial charge in [-0.15, -0.1) is 0 Å². The van der Waals surface area contributed by atoms with Crippen LogP contribution in [0, 0.1) is 0 Å². The van der Waals surface area contributed by atoms with E-state index in [9.17, 15) is 5.11 Å². The number of aromatic nitrogens is 4. The molecule has 0 aliphatic carbocycles. The van der Waals surface area contributed by atoms with Gasteiger partial charge in [0.25, 0.3) is 0 Å². The molecule has 0 radical (unpaired) electrons. The van der Waals surface area contributed by atoms with Gasteiger partial charge in [-0.2, -0.15) is 9.97 Å². The normalized spacial score (nSPS) is 12.2. The average molecular weight is 298 g/mol. The molecule has 8 nitrogen and oxygen atoms in total. The Labute approximate surface area is 121 Å². The van der Waals surface area contributed by atoms with Crippen LogP contribution in [0.2, 0.25) is 5.28 Å². The summed E-state index contributed by atoms with van der Waals surface area (Å²) in [6, 6.07) is 0. The van der Waals surface area contributed by atoms with E-state index in [4.69, 9.17) is 11.6 Å². The molecule has 0 bridgehead atoms. The first-order chi connectivity index (χ1) is 9.55. The molecule has 1 unspecified atom stereocenters. The molecule has 108 valence electrons. The van der Waals surface area contributed by atoms with Crippen molar-refractivity contribution in [3.8, 4) is 0 Å². The maximum absolute atomic E-state index is 9.30. The molecule has 2 aromatic heterocycles. The molecule has 0 saturated carbocycles. The summed E-state index contributed by atoms with van der Waals surface area (Å²) in [5.74, 6) is 1.42. The highest BCUT2D eigenvalue weighted by Crippen LogP contribution is 2.26. The predicted molar refractivity (Wildman–Crippen MR) is 79.4 cm³/mol. The van der Waals surface area contributed by atoms with Crippen LogP contribution in [0.1, 0.15) is 6.92 Å². The highest BCUT2D eigenvalue weighted by molar-refractivity contribution is 6.29. The third kappa shape index (κ3) is 2.97. The van der Waals surface area contributed by atoms with E-state index in [1.165, 1.54) is 0 Å². The van der Waals surface area contributed by atoms with Crippen LogP contribution < -0.4 is 16.0 Å². The molecular formula is C11H16ClN7O. The van der Waals surface area contributed by atoms with Crippen LogP contribution >= 0.6 is 11.6 Å². The van der Waals surface area contributed by atoms with Gasteiger partial charge in [0, 0.05) is 20.6 Å². The first-order valence-corrected chi connectivity index (χ1v) is 6.45. The molecule has 0 spiro atoms. The summed E-state index contributed by atoms with van der Waals surface area (Å²) >= 11 is 5.88. The number of hydrogen-bond acceptors (Lipinski definition) is 8. The Bertz CT molecular complexity index is 619. The second kappa shape index (κ2) is 6.02. The Hall–Kier alpha value is -1.93. The molecule has 0 fully saturated rings. The Morgan fingerprint density at radius 3 is 2.25 bits per heavy atom. The first-order valence-electron chi connectivity index (χ1n) is 6.08. The summed E-state index contributed by atoms with van der Waals surface area (Å²) in [4.78, 5) is 16.9. The monoisotopic (exact) mass is 297 g/mol. The van der Waals surface area contributed by atoms with Gasteiger partial charge in [-0.3, -0.25) is 0 Å². The first kappa shape index (κ1) is 14.5. The Morgan fingerprint density at radius 2 is 1.65 bits per heavy atom. The van der Waals surface area contributed by atoms with Crippen LogP contribution in [0.4, 0.5) is 17.6 Å². The number of aliphatic hydroxyl groups is 1. The molecule has 0 saturated heterocycles. The third-order valence-electron chi connectivity index (χ3n) is 2.55. The van der Waals surface area contributed by atoms with Crippen molar-refractivity contribution in [2.24, 2.45) is 0 Å². The smallest absolute Gasteiger partial charge is 0.225 e. The number of halogens is 1. The van der Waals surface area contributed by atoms with Gasteiger partial charge in [-0.1, -0.05) is 0 Å². The number of hydrogen-bond donors (Lipinski definition) is 4. The summed E-state index contributed by atoms with van der Waals surface area (Å²) in [7, 11) is 3.46. The largest absolute Gasteiger partial charge is 0.392 e. The van der Waals surface area contributed by atoms with Crippen LogP contribution in [-0.4, -0.2) is 51.8 Å². The number of nitrogens with zero attached hydrogens (tertiary/aromatic N) is 4. The quantitative estimate of drug-likeness (QED) is 0.604. The summed E-state index contributed by atoms with van der Waals surface area (Å²) in [5.41, 5.74) is 1.07. The van der Waals surface area contributed by atoms with Gasteiger partial charge in [-0.05, 0) is 18.5 Å². The minimum atomic E-state index is -0.502. The molecule has 9 heteroatoms.